The van der Waals surface area contributed by atoms with Crippen LogP contribution in [0.1, 0.15) is 0 Å². The van der Waals surface area contributed by atoms with Gasteiger partial charge in [0.25, 0.3) is 5.56 Å². The number of carbonyl (C=O) groups excluding carboxylic acids is 1. The molecule has 4 aromatic rings. The van der Waals surface area contributed by atoms with E-state index in [0.29, 0.717) is 22.0 Å². The third kappa shape index (κ3) is 3.10. The van der Waals surface area contributed by atoms with E-state index in [1.165, 1.54) is 24.5 Å². The molecule has 1 heterocycles. The van der Waals surface area contributed by atoms with Crippen LogP contribution in [-0.2, 0) is 11.3 Å². The van der Waals surface area contributed by atoms with Crippen molar-refractivity contribution in [1.29, 1.82) is 0 Å². The number of aromatic hydroxyl groups is 1. The normalized spacial score (nSPS) is 11.0. The van der Waals surface area contributed by atoms with Gasteiger partial charge in [0.15, 0.2) is 0 Å². The number of benzene rings is 3. The Morgan fingerprint density at radius 2 is 1.85 bits per heavy atom. The van der Waals surface area contributed by atoms with E-state index in [1.807, 2.05) is 0 Å². The standard InChI is InChI=1S/C20H14FN3O3/c21-12-5-6-16-15(9-12)20(27)24(11-22-16)10-19(26)23-17-7-8-18(25)14-4-2-1-3-13(14)17/h1-9,11,25H,10H2,(H,23,26). The number of halogens is 1. The minimum Gasteiger partial charge on any atom is -0.507 e. The van der Waals surface area contributed by atoms with Gasteiger partial charge in [-0.15, -0.1) is 0 Å². The van der Waals surface area contributed by atoms with Crippen LogP contribution < -0.4 is 10.9 Å². The average Bonchev–Trinajstić information content (AvgIpc) is 2.67. The summed E-state index contributed by atoms with van der Waals surface area (Å²) >= 11 is 0. The summed E-state index contributed by atoms with van der Waals surface area (Å²) in [6.07, 6.45) is 1.26. The summed E-state index contributed by atoms with van der Waals surface area (Å²) in [5.74, 6) is -0.870. The molecular weight excluding hydrogens is 349 g/mol. The van der Waals surface area contributed by atoms with Crippen molar-refractivity contribution >= 4 is 33.3 Å². The summed E-state index contributed by atoms with van der Waals surface area (Å²) < 4.78 is 14.5. The van der Waals surface area contributed by atoms with Crippen LogP contribution in [0, 0.1) is 5.82 Å². The van der Waals surface area contributed by atoms with Gasteiger partial charge in [0, 0.05) is 16.5 Å². The second-order valence-electron chi connectivity index (χ2n) is 6.07. The molecule has 0 aliphatic heterocycles. The van der Waals surface area contributed by atoms with Crippen LogP contribution in [-0.4, -0.2) is 20.6 Å². The number of hydrogen-bond acceptors (Lipinski definition) is 4. The molecule has 0 saturated heterocycles. The van der Waals surface area contributed by atoms with Crippen molar-refractivity contribution in [3.63, 3.8) is 0 Å². The fraction of sp³-hybridized carbons (Fsp3) is 0.0500. The lowest BCUT2D eigenvalue weighted by Crippen LogP contribution is -2.28. The number of anilines is 1. The maximum absolute atomic E-state index is 13.4. The quantitative estimate of drug-likeness (QED) is 0.548. The Labute approximate surface area is 152 Å². The summed E-state index contributed by atoms with van der Waals surface area (Å²) in [6, 6.07) is 13.9. The van der Waals surface area contributed by atoms with E-state index in [1.54, 1.807) is 30.3 Å². The average molecular weight is 363 g/mol. The molecule has 4 rings (SSSR count). The van der Waals surface area contributed by atoms with Crippen LogP contribution in [0.2, 0.25) is 0 Å². The number of fused-ring (bicyclic) bond motifs is 2. The Balaban J connectivity index is 1.64. The Kier molecular flexibility index (Phi) is 4.04. The van der Waals surface area contributed by atoms with Crippen LogP contribution in [0.25, 0.3) is 21.7 Å². The van der Waals surface area contributed by atoms with Gasteiger partial charge in [-0.2, -0.15) is 0 Å². The first kappa shape index (κ1) is 16.7. The molecule has 0 aliphatic rings. The van der Waals surface area contributed by atoms with Crippen LogP contribution in [0.5, 0.6) is 5.75 Å². The second kappa shape index (κ2) is 6.53. The van der Waals surface area contributed by atoms with E-state index < -0.39 is 17.3 Å². The molecule has 27 heavy (non-hydrogen) atoms. The number of rotatable bonds is 3. The van der Waals surface area contributed by atoms with Crippen molar-refractivity contribution in [2.45, 2.75) is 6.54 Å². The number of nitrogens with one attached hydrogen (secondary N) is 1. The Hall–Kier alpha value is -3.74. The molecule has 0 saturated carbocycles. The number of nitrogens with zero attached hydrogens (tertiary/aromatic N) is 2. The summed E-state index contributed by atoms with van der Waals surface area (Å²) in [5, 5.41) is 14.1. The van der Waals surface area contributed by atoms with Crippen LogP contribution in [0.3, 0.4) is 0 Å². The fourth-order valence-corrected chi connectivity index (χ4v) is 2.98. The monoisotopic (exact) mass is 363 g/mol. The maximum Gasteiger partial charge on any atom is 0.261 e. The van der Waals surface area contributed by atoms with Crippen molar-refractivity contribution < 1.29 is 14.3 Å². The van der Waals surface area contributed by atoms with Crippen LogP contribution >= 0.6 is 0 Å². The second-order valence-corrected chi connectivity index (χ2v) is 6.07. The van der Waals surface area contributed by atoms with Gasteiger partial charge in [-0.1, -0.05) is 24.3 Å². The molecule has 0 fully saturated rings. The summed E-state index contributed by atoms with van der Waals surface area (Å²) in [7, 11) is 0. The molecule has 2 N–H and O–H groups in total. The highest BCUT2D eigenvalue weighted by atomic mass is 19.1. The van der Waals surface area contributed by atoms with Crippen molar-refractivity contribution in [2.75, 3.05) is 5.32 Å². The zero-order valence-corrected chi connectivity index (χ0v) is 14.0. The van der Waals surface area contributed by atoms with E-state index in [9.17, 15) is 19.1 Å². The molecule has 3 aromatic carbocycles. The number of amides is 1. The number of carbonyl (C=O) groups is 1. The zero-order valence-electron chi connectivity index (χ0n) is 14.0. The first-order valence-electron chi connectivity index (χ1n) is 8.18. The van der Waals surface area contributed by atoms with Gasteiger partial charge in [-0.25, -0.2) is 9.37 Å². The number of hydrogen-bond donors (Lipinski definition) is 2. The molecule has 0 atom stereocenters. The van der Waals surface area contributed by atoms with Gasteiger partial charge in [0.05, 0.1) is 17.2 Å². The lowest BCUT2D eigenvalue weighted by molar-refractivity contribution is -0.116. The summed E-state index contributed by atoms with van der Waals surface area (Å²) in [5.41, 5.74) is 0.383. The van der Waals surface area contributed by atoms with Crippen molar-refractivity contribution in [3.05, 3.63) is 77.1 Å². The lowest BCUT2D eigenvalue weighted by Gasteiger charge is -2.11. The van der Waals surface area contributed by atoms with Crippen molar-refractivity contribution in [3.8, 4) is 5.75 Å². The van der Waals surface area contributed by atoms with Crippen molar-refractivity contribution in [2.24, 2.45) is 0 Å². The third-order valence-corrected chi connectivity index (χ3v) is 4.28. The molecule has 0 bridgehead atoms. The lowest BCUT2D eigenvalue weighted by atomic mass is 10.1. The molecule has 7 heteroatoms. The Bertz CT molecular complexity index is 1250. The molecular formula is C20H14FN3O3. The maximum atomic E-state index is 13.4. The van der Waals surface area contributed by atoms with Gasteiger partial charge >= 0.3 is 0 Å². The fourth-order valence-electron chi connectivity index (χ4n) is 2.98. The zero-order chi connectivity index (χ0) is 19.0. The molecule has 1 aromatic heterocycles. The predicted molar refractivity (Wildman–Crippen MR) is 100 cm³/mol. The largest absolute Gasteiger partial charge is 0.507 e. The molecule has 0 aliphatic carbocycles. The van der Waals surface area contributed by atoms with E-state index in [0.717, 1.165) is 10.6 Å². The van der Waals surface area contributed by atoms with Crippen LogP contribution in [0.4, 0.5) is 10.1 Å². The molecule has 0 spiro atoms. The van der Waals surface area contributed by atoms with Gasteiger partial charge in [0.2, 0.25) is 5.91 Å². The Morgan fingerprint density at radius 3 is 2.67 bits per heavy atom. The van der Waals surface area contributed by atoms with E-state index >= 15 is 0 Å². The highest BCUT2D eigenvalue weighted by Crippen LogP contribution is 2.30. The summed E-state index contributed by atoms with van der Waals surface area (Å²) in [4.78, 5) is 29.0. The molecule has 0 radical (unpaired) electrons. The molecule has 134 valence electrons. The molecule has 0 unspecified atom stereocenters. The van der Waals surface area contributed by atoms with Gasteiger partial charge in [-0.05, 0) is 30.3 Å². The SMILES string of the molecule is O=C(Cn1cnc2ccc(F)cc2c1=O)Nc1ccc(O)c2ccccc12. The van der Waals surface area contributed by atoms with E-state index in [4.69, 9.17) is 0 Å². The first-order valence-corrected chi connectivity index (χ1v) is 8.18. The predicted octanol–water partition coefficient (Wildman–Crippen LogP) is 3.03. The van der Waals surface area contributed by atoms with E-state index in [2.05, 4.69) is 10.3 Å². The van der Waals surface area contributed by atoms with Gasteiger partial charge in [-0.3, -0.25) is 14.2 Å². The minimum absolute atomic E-state index is 0.111. The highest BCUT2D eigenvalue weighted by molar-refractivity contribution is 6.04. The first-order chi connectivity index (χ1) is 13.0. The van der Waals surface area contributed by atoms with Gasteiger partial charge in [0.1, 0.15) is 18.1 Å². The van der Waals surface area contributed by atoms with E-state index in [-0.39, 0.29) is 17.7 Å². The van der Waals surface area contributed by atoms with Gasteiger partial charge < -0.3 is 10.4 Å². The smallest absolute Gasteiger partial charge is 0.261 e. The topological polar surface area (TPSA) is 84.2 Å². The number of phenolic OH excluding ortho intramolecular Hbond substituents is 1. The Morgan fingerprint density at radius 1 is 1.07 bits per heavy atom. The molecule has 6 nitrogen and oxygen atoms in total. The highest BCUT2D eigenvalue weighted by Gasteiger charge is 2.11. The van der Waals surface area contributed by atoms with Crippen molar-refractivity contribution in [1.82, 2.24) is 9.55 Å². The molecule has 1 amide bonds. The minimum atomic E-state index is -0.542. The number of phenols is 1. The summed E-state index contributed by atoms with van der Waals surface area (Å²) in [6.45, 7) is -0.270. The van der Waals surface area contributed by atoms with Crippen LogP contribution in [0.15, 0.2) is 65.7 Å². The number of aromatic nitrogens is 2. The third-order valence-electron chi connectivity index (χ3n) is 4.28.